The van der Waals surface area contributed by atoms with Crippen LogP contribution >= 0.6 is 0 Å². The minimum absolute atomic E-state index is 0.0149. The van der Waals surface area contributed by atoms with Crippen molar-refractivity contribution >= 4 is 11.8 Å². The van der Waals surface area contributed by atoms with Crippen LogP contribution in [0.2, 0.25) is 0 Å². The van der Waals surface area contributed by atoms with Crippen molar-refractivity contribution in [3.8, 4) is 0 Å². The molecule has 1 saturated heterocycles. The lowest BCUT2D eigenvalue weighted by atomic mass is 10.1. The fourth-order valence-electron chi connectivity index (χ4n) is 2.37. The van der Waals surface area contributed by atoms with Crippen molar-refractivity contribution in [2.45, 2.75) is 19.5 Å². The number of amides is 2. The molecule has 0 aromatic heterocycles. The molecule has 1 aromatic carbocycles. The van der Waals surface area contributed by atoms with E-state index in [4.69, 9.17) is 4.74 Å². The predicted molar refractivity (Wildman–Crippen MR) is 74.9 cm³/mol. The lowest BCUT2D eigenvalue weighted by molar-refractivity contribution is -0.156. The number of ether oxygens (including phenoxy) is 1. The molecule has 2 amide bonds. The van der Waals surface area contributed by atoms with Crippen molar-refractivity contribution in [2.24, 2.45) is 0 Å². The number of carbonyl (C=O) groups is 2. The molecule has 2 rings (SSSR count). The summed E-state index contributed by atoms with van der Waals surface area (Å²) in [5.74, 6) is -0.684. The molecular formula is C15H19FN2O3. The Kier molecular flexibility index (Phi) is 4.90. The first kappa shape index (κ1) is 15.4. The Labute approximate surface area is 123 Å². The second kappa shape index (κ2) is 6.67. The van der Waals surface area contributed by atoms with Crippen LogP contribution in [0.3, 0.4) is 0 Å². The first-order valence-corrected chi connectivity index (χ1v) is 6.85. The van der Waals surface area contributed by atoms with Gasteiger partial charge in [0.05, 0.1) is 13.2 Å². The third-order valence-corrected chi connectivity index (χ3v) is 3.65. The Bertz CT molecular complexity index is 535. The molecule has 0 N–H and O–H groups in total. The summed E-state index contributed by atoms with van der Waals surface area (Å²) in [6, 6.07) is 5.68. The van der Waals surface area contributed by atoms with Gasteiger partial charge >= 0.3 is 0 Å². The number of rotatable bonds is 5. The minimum Gasteiger partial charge on any atom is -0.383 e. The molecule has 0 saturated carbocycles. The zero-order chi connectivity index (χ0) is 15.4. The average molecular weight is 294 g/mol. The third kappa shape index (κ3) is 3.39. The van der Waals surface area contributed by atoms with Gasteiger partial charge in [-0.05, 0) is 13.0 Å². The molecule has 1 aliphatic rings. The van der Waals surface area contributed by atoms with Gasteiger partial charge < -0.3 is 14.5 Å². The normalized spacial score (nSPS) is 19.3. The zero-order valence-electron chi connectivity index (χ0n) is 12.2. The van der Waals surface area contributed by atoms with Crippen molar-refractivity contribution in [1.82, 2.24) is 9.80 Å². The largest absolute Gasteiger partial charge is 0.383 e. The quantitative estimate of drug-likeness (QED) is 0.815. The van der Waals surface area contributed by atoms with Gasteiger partial charge in [-0.1, -0.05) is 18.2 Å². The number of hydrogen-bond acceptors (Lipinski definition) is 3. The SMILES string of the molecule is COCCN1CC(=O)N(Cc2ccccc2F)[C@@H](C)C1=O. The standard InChI is InChI=1S/C15H19FN2O3/c1-11-15(20)17(7-8-21-2)10-14(19)18(11)9-12-5-3-4-6-13(12)16/h3-6,11H,7-10H2,1-2H3/t11-/m0/s1. The average Bonchev–Trinajstić information content (AvgIpc) is 2.47. The van der Waals surface area contributed by atoms with Crippen LogP contribution in [0.1, 0.15) is 12.5 Å². The molecular weight excluding hydrogens is 275 g/mol. The highest BCUT2D eigenvalue weighted by molar-refractivity contribution is 5.94. The Morgan fingerprint density at radius 1 is 1.33 bits per heavy atom. The van der Waals surface area contributed by atoms with Gasteiger partial charge in [-0.2, -0.15) is 0 Å². The second-order valence-corrected chi connectivity index (χ2v) is 5.04. The van der Waals surface area contributed by atoms with Crippen LogP contribution in [0, 0.1) is 5.82 Å². The highest BCUT2D eigenvalue weighted by Crippen LogP contribution is 2.17. The van der Waals surface area contributed by atoms with E-state index in [1.165, 1.54) is 15.9 Å². The van der Waals surface area contributed by atoms with Gasteiger partial charge in [0.1, 0.15) is 11.9 Å². The summed E-state index contributed by atoms with van der Waals surface area (Å²) in [5, 5.41) is 0. The van der Waals surface area contributed by atoms with E-state index in [2.05, 4.69) is 0 Å². The van der Waals surface area contributed by atoms with Crippen LogP contribution in [0.15, 0.2) is 24.3 Å². The van der Waals surface area contributed by atoms with Crippen molar-refractivity contribution in [3.05, 3.63) is 35.6 Å². The highest BCUT2D eigenvalue weighted by atomic mass is 19.1. The Morgan fingerprint density at radius 3 is 2.71 bits per heavy atom. The summed E-state index contributed by atoms with van der Waals surface area (Å²) in [7, 11) is 1.55. The monoisotopic (exact) mass is 294 g/mol. The van der Waals surface area contributed by atoms with Gasteiger partial charge in [-0.25, -0.2) is 4.39 Å². The third-order valence-electron chi connectivity index (χ3n) is 3.65. The molecule has 114 valence electrons. The van der Waals surface area contributed by atoms with Crippen molar-refractivity contribution in [1.29, 1.82) is 0 Å². The summed E-state index contributed by atoms with van der Waals surface area (Å²) >= 11 is 0. The summed E-state index contributed by atoms with van der Waals surface area (Å²) in [5.41, 5.74) is 0.413. The Morgan fingerprint density at radius 2 is 2.05 bits per heavy atom. The fraction of sp³-hybridized carbons (Fsp3) is 0.467. The van der Waals surface area contributed by atoms with Crippen LogP contribution in [-0.4, -0.2) is 54.5 Å². The van der Waals surface area contributed by atoms with Gasteiger partial charge in [0, 0.05) is 25.8 Å². The zero-order valence-corrected chi connectivity index (χ0v) is 12.2. The van der Waals surface area contributed by atoms with E-state index in [0.717, 1.165) is 0 Å². The number of piperazine rings is 1. The molecule has 0 radical (unpaired) electrons. The molecule has 0 unspecified atom stereocenters. The fourth-order valence-corrected chi connectivity index (χ4v) is 2.37. The molecule has 0 spiro atoms. The maximum absolute atomic E-state index is 13.7. The first-order chi connectivity index (χ1) is 10.0. The molecule has 1 heterocycles. The van der Waals surface area contributed by atoms with Gasteiger partial charge in [0.25, 0.3) is 0 Å². The number of benzene rings is 1. The van der Waals surface area contributed by atoms with Gasteiger partial charge in [0.15, 0.2) is 0 Å². The molecule has 21 heavy (non-hydrogen) atoms. The molecule has 5 nitrogen and oxygen atoms in total. The Balaban J connectivity index is 2.10. The van der Waals surface area contributed by atoms with E-state index in [0.29, 0.717) is 18.7 Å². The molecule has 1 fully saturated rings. The maximum Gasteiger partial charge on any atom is 0.245 e. The van der Waals surface area contributed by atoms with Crippen LogP contribution in [0.5, 0.6) is 0 Å². The number of methoxy groups -OCH3 is 1. The van der Waals surface area contributed by atoms with E-state index in [-0.39, 0.29) is 30.7 Å². The van der Waals surface area contributed by atoms with Crippen LogP contribution in [-0.2, 0) is 20.9 Å². The maximum atomic E-state index is 13.7. The predicted octanol–water partition coefficient (Wildman–Crippen LogP) is 1.03. The highest BCUT2D eigenvalue weighted by Gasteiger charge is 2.36. The lowest BCUT2D eigenvalue weighted by Crippen LogP contribution is -2.58. The van der Waals surface area contributed by atoms with Crippen molar-refractivity contribution in [2.75, 3.05) is 26.8 Å². The Hall–Kier alpha value is -1.95. The second-order valence-electron chi connectivity index (χ2n) is 5.04. The summed E-state index contributed by atoms with van der Waals surface area (Å²) in [6.45, 7) is 2.57. The van der Waals surface area contributed by atoms with Crippen LogP contribution in [0.25, 0.3) is 0 Å². The summed E-state index contributed by atoms with van der Waals surface area (Å²) in [6.07, 6.45) is 0. The van der Waals surface area contributed by atoms with Gasteiger partial charge in [0.2, 0.25) is 11.8 Å². The summed E-state index contributed by atoms with van der Waals surface area (Å²) in [4.78, 5) is 27.4. The van der Waals surface area contributed by atoms with E-state index in [1.54, 1.807) is 32.2 Å². The van der Waals surface area contributed by atoms with Crippen molar-refractivity contribution < 1.29 is 18.7 Å². The molecule has 1 aliphatic heterocycles. The molecule has 0 aliphatic carbocycles. The van der Waals surface area contributed by atoms with Gasteiger partial charge in [-0.3, -0.25) is 9.59 Å². The number of hydrogen-bond donors (Lipinski definition) is 0. The van der Waals surface area contributed by atoms with Crippen LogP contribution in [0.4, 0.5) is 4.39 Å². The topological polar surface area (TPSA) is 49.9 Å². The lowest BCUT2D eigenvalue weighted by Gasteiger charge is -2.38. The van der Waals surface area contributed by atoms with Crippen molar-refractivity contribution in [3.63, 3.8) is 0 Å². The molecule has 1 aromatic rings. The molecule has 0 bridgehead atoms. The van der Waals surface area contributed by atoms with E-state index >= 15 is 0 Å². The van der Waals surface area contributed by atoms with Gasteiger partial charge in [-0.15, -0.1) is 0 Å². The number of carbonyl (C=O) groups excluding carboxylic acids is 2. The van der Waals surface area contributed by atoms with Crippen LogP contribution < -0.4 is 0 Å². The number of halogens is 1. The number of nitrogens with zero attached hydrogens (tertiary/aromatic N) is 2. The molecule has 6 heteroatoms. The summed E-state index contributed by atoms with van der Waals surface area (Å²) < 4.78 is 18.6. The molecule has 1 atom stereocenters. The smallest absolute Gasteiger partial charge is 0.245 e. The first-order valence-electron chi connectivity index (χ1n) is 6.85. The minimum atomic E-state index is -0.595. The van der Waals surface area contributed by atoms with E-state index in [1.807, 2.05) is 0 Å². The van der Waals surface area contributed by atoms with E-state index < -0.39 is 6.04 Å². The van der Waals surface area contributed by atoms with E-state index in [9.17, 15) is 14.0 Å².